The van der Waals surface area contributed by atoms with Gasteiger partial charge in [-0.3, -0.25) is 9.78 Å². The van der Waals surface area contributed by atoms with Crippen molar-refractivity contribution in [2.24, 2.45) is 0 Å². The first-order chi connectivity index (χ1) is 17.5. The van der Waals surface area contributed by atoms with Gasteiger partial charge in [0.25, 0.3) is 12.3 Å². The molecule has 4 heterocycles. The lowest BCUT2D eigenvalue weighted by atomic mass is 10.0. The van der Waals surface area contributed by atoms with E-state index in [1.807, 2.05) is 18.2 Å². The molecule has 0 saturated heterocycles. The van der Waals surface area contributed by atoms with Crippen LogP contribution >= 0.6 is 15.9 Å². The summed E-state index contributed by atoms with van der Waals surface area (Å²) in [7, 11) is 0. The monoisotopic (exact) mass is 551 g/mol. The number of alkyl halides is 2. The van der Waals surface area contributed by atoms with Gasteiger partial charge in [0.15, 0.2) is 0 Å². The van der Waals surface area contributed by atoms with E-state index in [-0.39, 0.29) is 17.8 Å². The first kappa shape index (κ1) is 23.1. The Balaban J connectivity index is 1.40. The van der Waals surface area contributed by atoms with Gasteiger partial charge in [-0.25, -0.2) is 23.7 Å². The number of rotatable bonds is 6. The number of ether oxygens (including phenoxy) is 1. The minimum Gasteiger partial charge on any atom is -0.372 e. The molecule has 1 saturated carbocycles. The summed E-state index contributed by atoms with van der Waals surface area (Å²) in [6.45, 7) is 1.04. The Hall–Kier alpha value is -3.37. The summed E-state index contributed by atoms with van der Waals surface area (Å²) in [6, 6.07) is 8.69. The van der Waals surface area contributed by atoms with Gasteiger partial charge in [-0.05, 0) is 58.1 Å². The third kappa shape index (κ3) is 4.24. The van der Waals surface area contributed by atoms with Gasteiger partial charge in [0.05, 0.1) is 36.5 Å². The lowest BCUT2D eigenvalue weighted by molar-refractivity contribution is 0.0982. The highest BCUT2D eigenvalue weighted by molar-refractivity contribution is 9.10. The highest BCUT2D eigenvalue weighted by Gasteiger charge is 2.29. The molecule has 7 nitrogen and oxygen atoms in total. The zero-order valence-corrected chi connectivity index (χ0v) is 20.6. The summed E-state index contributed by atoms with van der Waals surface area (Å²) in [4.78, 5) is 32.1. The maximum absolute atomic E-state index is 13.9. The van der Waals surface area contributed by atoms with Gasteiger partial charge in [0, 0.05) is 35.5 Å². The Morgan fingerprint density at radius 3 is 2.64 bits per heavy atom. The predicted octanol–water partition coefficient (Wildman–Crippen LogP) is 5.87. The summed E-state index contributed by atoms with van der Waals surface area (Å²) < 4.78 is 34.0. The molecule has 0 spiro atoms. The van der Waals surface area contributed by atoms with Crippen LogP contribution in [0.3, 0.4) is 0 Å². The first-order valence-corrected chi connectivity index (χ1v) is 12.3. The first-order valence-electron chi connectivity index (χ1n) is 11.5. The third-order valence-electron chi connectivity index (χ3n) is 6.47. The molecule has 4 aromatic rings. The topological polar surface area (TPSA) is 81.1 Å². The Bertz CT molecular complexity index is 1480. The van der Waals surface area contributed by atoms with Gasteiger partial charge in [-0.1, -0.05) is 12.1 Å². The quantitative estimate of drug-likeness (QED) is 0.278. The summed E-state index contributed by atoms with van der Waals surface area (Å²) in [6.07, 6.45) is 3.46. The van der Waals surface area contributed by atoms with Crippen LogP contribution in [0.1, 0.15) is 63.8 Å². The van der Waals surface area contributed by atoms with E-state index < -0.39 is 18.0 Å². The molecule has 0 bridgehead atoms. The molecule has 0 unspecified atom stereocenters. The molecule has 1 aromatic carbocycles. The van der Waals surface area contributed by atoms with E-state index in [1.165, 1.54) is 35.6 Å². The van der Waals surface area contributed by atoms with Gasteiger partial charge in [0.2, 0.25) is 0 Å². The lowest BCUT2D eigenvalue weighted by Gasteiger charge is -2.25. The normalized spacial score (nSPS) is 14.9. The van der Waals surface area contributed by atoms with Crippen LogP contribution in [0.4, 0.5) is 14.5 Å². The van der Waals surface area contributed by atoms with E-state index in [0.717, 1.165) is 40.4 Å². The van der Waals surface area contributed by atoms with Crippen LogP contribution in [0.15, 0.2) is 53.5 Å². The number of aromatic nitrogens is 4. The molecular formula is C26H20BrF2N5O2. The third-order valence-corrected chi connectivity index (χ3v) is 7.13. The number of anilines is 1. The van der Waals surface area contributed by atoms with Crippen LogP contribution in [-0.4, -0.2) is 25.8 Å². The van der Waals surface area contributed by atoms with Crippen molar-refractivity contribution in [1.82, 2.24) is 19.9 Å². The number of hydrogen-bond donors (Lipinski definition) is 0. The number of amides is 1. The molecule has 6 rings (SSSR count). The maximum Gasteiger partial charge on any atom is 0.282 e. The van der Waals surface area contributed by atoms with Gasteiger partial charge in [0.1, 0.15) is 16.1 Å². The molecule has 0 N–H and O–H groups in total. The molecule has 3 aromatic heterocycles. The fraction of sp³-hybridized carbons (Fsp3) is 0.269. The van der Waals surface area contributed by atoms with Crippen LogP contribution in [0.2, 0.25) is 0 Å². The molecule has 1 amide bonds. The molecule has 182 valence electrons. The fourth-order valence-corrected chi connectivity index (χ4v) is 5.01. The van der Waals surface area contributed by atoms with Crippen molar-refractivity contribution < 1.29 is 18.3 Å². The molecule has 1 aliphatic heterocycles. The number of nitrogens with zero attached hydrogens (tertiary/aromatic N) is 5. The van der Waals surface area contributed by atoms with Crippen molar-refractivity contribution in [2.75, 3.05) is 4.90 Å². The standard InChI is InChI=1S/C26H20BrF2N5O2/c27-23-19-13-36-12-18(19)17-6-3-14(8-20(17)33-23)11-34(21-2-1-7-30-22(21)24(28)29)26(35)16-9-31-25(32-10-16)15-4-5-15/h1-3,6-10,15,24H,4-5,11-13H2. The zero-order valence-electron chi connectivity index (χ0n) is 19.0. The number of benzene rings is 1. The number of halogens is 3. The van der Waals surface area contributed by atoms with Crippen LogP contribution in [0.25, 0.3) is 10.9 Å². The van der Waals surface area contributed by atoms with E-state index in [4.69, 9.17) is 4.74 Å². The SMILES string of the molecule is O=C(c1cnc(C2CC2)nc1)N(Cc1ccc2c3c(c(Br)nc2c1)COC3)c1cccnc1C(F)F. The van der Waals surface area contributed by atoms with Crippen molar-refractivity contribution in [3.63, 3.8) is 0 Å². The van der Waals surface area contributed by atoms with Gasteiger partial charge < -0.3 is 9.64 Å². The van der Waals surface area contributed by atoms with Crippen LogP contribution in [0.5, 0.6) is 0 Å². The smallest absolute Gasteiger partial charge is 0.282 e. The average Bonchev–Trinajstić information content (AvgIpc) is 3.62. The lowest BCUT2D eigenvalue weighted by Crippen LogP contribution is -2.32. The van der Waals surface area contributed by atoms with E-state index >= 15 is 0 Å². The number of carbonyl (C=O) groups excluding carboxylic acids is 1. The molecule has 1 aliphatic carbocycles. The van der Waals surface area contributed by atoms with Gasteiger partial charge in [-0.15, -0.1) is 0 Å². The van der Waals surface area contributed by atoms with Crippen molar-refractivity contribution in [3.8, 4) is 0 Å². The van der Waals surface area contributed by atoms with Gasteiger partial charge in [-0.2, -0.15) is 0 Å². The Labute approximate surface area is 213 Å². The van der Waals surface area contributed by atoms with E-state index in [1.54, 1.807) is 0 Å². The summed E-state index contributed by atoms with van der Waals surface area (Å²) in [5.74, 6) is 0.560. The largest absolute Gasteiger partial charge is 0.372 e. The molecule has 36 heavy (non-hydrogen) atoms. The second kappa shape index (κ2) is 9.25. The number of fused-ring (bicyclic) bond motifs is 3. The fourth-order valence-electron chi connectivity index (χ4n) is 4.46. The highest BCUT2D eigenvalue weighted by atomic mass is 79.9. The Morgan fingerprint density at radius 1 is 1.11 bits per heavy atom. The molecule has 0 radical (unpaired) electrons. The number of pyridine rings is 2. The second-order valence-corrected chi connectivity index (χ2v) is 9.66. The molecule has 1 fully saturated rings. The molecular weight excluding hydrogens is 532 g/mol. The molecule has 2 aliphatic rings. The summed E-state index contributed by atoms with van der Waals surface area (Å²) in [5, 5.41) is 0.964. The maximum atomic E-state index is 13.9. The zero-order chi connectivity index (χ0) is 24.8. The van der Waals surface area contributed by atoms with Crippen molar-refractivity contribution in [3.05, 3.63) is 87.3 Å². The number of hydrogen-bond acceptors (Lipinski definition) is 6. The van der Waals surface area contributed by atoms with E-state index in [9.17, 15) is 13.6 Å². The average molecular weight is 552 g/mol. The van der Waals surface area contributed by atoms with Crippen molar-refractivity contribution in [1.29, 1.82) is 0 Å². The van der Waals surface area contributed by atoms with Crippen LogP contribution in [-0.2, 0) is 24.5 Å². The highest BCUT2D eigenvalue weighted by Crippen LogP contribution is 2.38. The van der Waals surface area contributed by atoms with Crippen molar-refractivity contribution in [2.45, 2.75) is 44.9 Å². The number of carbonyl (C=O) groups is 1. The molecule has 0 atom stereocenters. The summed E-state index contributed by atoms with van der Waals surface area (Å²) >= 11 is 3.52. The van der Waals surface area contributed by atoms with Gasteiger partial charge >= 0.3 is 0 Å². The predicted molar refractivity (Wildman–Crippen MR) is 132 cm³/mol. The van der Waals surface area contributed by atoms with E-state index in [2.05, 4.69) is 35.9 Å². The minimum absolute atomic E-state index is 0.0391. The second-order valence-electron chi connectivity index (χ2n) is 8.91. The van der Waals surface area contributed by atoms with Crippen molar-refractivity contribution >= 4 is 38.4 Å². The molecule has 10 heteroatoms. The minimum atomic E-state index is -2.85. The van der Waals surface area contributed by atoms with Crippen LogP contribution < -0.4 is 4.90 Å². The summed E-state index contributed by atoms with van der Waals surface area (Å²) in [5.41, 5.74) is 3.37. The van der Waals surface area contributed by atoms with E-state index in [0.29, 0.717) is 29.6 Å². The Kier molecular flexibility index (Phi) is 5.93. The van der Waals surface area contributed by atoms with Crippen LogP contribution in [0, 0.1) is 0 Å². The Morgan fingerprint density at radius 2 is 1.89 bits per heavy atom.